The van der Waals surface area contributed by atoms with Crippen LogP contribution in [-0.4, -0.2) is 36.1 Å². The Labute approximate surface area is 148 Å². The van der Waals surface area contributed by atoms with Crippen molar-refractivity contribution in [2.24, 2.45) is 11.8 Å². The fourth-order valence-electron chi connectivity index (χ4n) is 4.40. The number of hydrogen-bond acceptors (Lipinski definition) is 3. The maximum Gasteiger partial charge on any atom is 0.119 e. The van der Waals surface area contributed by atoms with Crippen LogP contribution in [0, 0.1) is 11.8 Å². The predicted molar refractivity (Wildman–Crippen MR) is 98.7 cm³/mol. The number of pyridine rings is 1. The van der Waals surface area contributed by atoms with Crippen LogP contribution in [0.3, 0.4) is 0 Å². The van der Waals surface area contributed by atoms with Crippen molar-refractivity contribution in [3.8, 4) is 5.75 Å². The van der Waals surface area contributed by atoms with Gasteiger partial charge in [-0.05, 0) is 61.1 Å². The van der Waals surface area contributed by atoms with Crippen molar-refractivity contribution in [3.05, 3.63) is 48.7 Å². The van der Waals surface area contributed by atoms with Gasteiger partial charge in [-0.15, -0.1) is 18.2 Å². The second-order valence-corrected chi connectivity index (χ2v) is 7.40. The molecule has 2 aromatic rings. The largest absolute Gasteiger partial charge is 0.497 e. The van der Waals surface area contributed by atoms with E-state index in [0.29, 0.717) is 12.0 Å². The van der Waals surface area contributed by atoms with Crippen LogP contribution in [0.5, 0.6) is 5.75 Å². The van der Waals surface area contributed by atoms with Gasteiger partial charge in [-0.2, -0.15) is 0 Å². The fraction of sp³-hybridized carbons (Fsp3) is 0.450. The molecule has 126 valence electrons. The van der Waals surface area contributed by atoms with Crippen LogP contribution in [0.4, 0.5) is 0 Å². The summed E-state index contributed by atoms with van der Waals surface area (Å²) in [6.07, 6.45) is 6.41. The molecule has 0 aliphatic carbocycles. The number of rotatable bonds is 4. The van der Waals surface area contributed by atoms with E-state index in [1.54, 1.807) is 7.11 Å². The number of alkyl halides is 1. The molecule has 0 radical (unpaired) electrons. The highest BCUT2D eigenvalue weighted by Gasteiger charge is 2.42. The highest BCUT2D eigenvalue weighted by molar-refractivity contribution is 6.22. The standard InChI is InChI=1S/C20H23ClN2O/c1-3-13-12-23-9-7-14(13)10-19(23)20(21)16-6-8-22-18-5-4-15(24-2)11-17(16)18/h3-6,8,11,13-14,19-20H,1,7,9-10,12H2,2H3/t13-,14?,19-,20+/m0/s1. The lowest BCUT2D eigenvalue weighted by Gasteiger charge is -2.50. The Bertz CT molecular complexity index is 762. The molecule has 4 heteroatoms. The second-order valence-electron chi connectivity index (χ2n) is 6.93. The summed E-state index contributed by atoms with van der Waals surface area (Å²) in [6.45, 7) is 6.25. The van der Waals surface area contributed by atoms with Gasteiger partial charge in [0.2, 0.25) is 0 Å². The zero-order valence-corrected chi connectivity index (χ0v) is 14.7. The molecule has 1 aromatic heterocycles. The second kappa shape index (κ2) is 6.38. The molecule has 0 saturated carbocycles. The summed E-state index contributed by atoms with van der Waals surface area (Å²) in [5.74, 6) is 2.19. The molecule has 4 heterocycles. The minimum atomic E-state index is -0.0313. The van der Waals surface area contributed by atoms with Crippen molar-refractivity contribution in [2.75, 3.05) is 20.2 Å². The molecule has 0 amide bonds. The molecule has 3 aliphatic rings. The number of piperidine rings is 3. The van der Waals surface area contributed by atoms with Gasteiger partial charge in [0.05, 0.1) is 18.0 Å². The van der Waals surface area contributed by atoms with Crippen molar-refractivity contribution in [1.29, 1.82) is 0 Å². The van der Waals surface area contributed by atoms with E-state index < -0.39 is 0 Å². The lowest BCUT2D eigenvalue weighted by Crippen LogP contribution is -2.54. The van der Waals surface area contributed by atoms with E-state index in [0.717, 1.165) is 47.6 Å². The third kappa shape index (κ3) is 2.60. The summed E-state index contributed by atoms with van der Waals surface area (Å²) in [7, 11) is 1.69. The van der Waals surface area contributed by atoms with Crippen LogP contribution in [0.15, 0.2) is 43.1 Å². The number of halogens is 1. The van der Waals surface area contributed by atoms with Gasteiger partial charge < -0.3 is 4.74 Å². The number of ether oxygens (including phenoxy) is 1. The number of aromatic nitrogens is 1. The van der Waals surface area contributed by atoms with Crippen LogP contribution in [0.1, 0.15) is 23.8 Å². The minimum Gasteiger partial charge on any atom is -0.497 e. The summed E-state index contributed by atoms with van der Waals surface area (Å²) in [6, 6.07) is 8.45. The van der Waals surface area contributed by atoms with Crippen molar-refractivity contribution >= 4 is 22.5 Å². The molecule has 5 atom stereocenters. The molecule has 5 rings (SSSR count). The van der Waals surface area contributed by atoms with Gasteiger partial charge >= 0.3 is 0 Å². The Hall–Kier alpha value is -1.58. The summed E-state index contributed by atoms with van der Waals surface area (Å²) in [5, 5.41) is 1.07. The van der Waals surface area contributed by atoms with Crippen LogP contribution in [0.25, 0.3) is 10.9 Å². The van der Waals surface area contributed by atoms with Gasteiger partial charge in [0.25, 0.3) is 0 Å². The topological polar surface area (TPSA) is 25.4 Å². The molecule has 3 fully saturated rings. The average Bonchev–Trinajstić information content (AvgIpc) is 2.66. The fourth-order valence-corrected chi connectivity index (χ4v) is 4.86. The molecule has 2 unspecified atom stereocenters. The average molecular weight is 343 g/mol. The van der Waals surface area contributed by atoms with E-state index in [9.17, 15) is 0 Å². The molecular weight excluding hydrogens is 320 g/mol. The molecule has 2 bridgehead atoms. The normalized spacial score (nSPS) is 30.2. The Morgan fingerprint density at radius 2 is 2.29 bits per heavy atom. The summed E-state index contributed by atoms with van der Waals surface area (Å²) >= 11 is 7.01. The molecule has 0 N–H and O–H groups in total. The maximum atomic E-state index is 7.01. The number of fused-ring (bicyclic) bond motifs is 4. The van der Waals surface area contributed by atoms with Gasteiger partial charge in [-0.3, -0.25) is 9.88 Å². The molecular formula is C20H23ClN2O. The van der Waals surface area contributed by atoms with E-state index in [4.69, 9.17) is 16.3 Å². The van der Waals surface area contributed by atoms with E-state index in [2.05, 4.69) is 34.7 Å². The Balaban J connectivity index is 1.69. The first-order chi connectivity index (χ1) is 11.7. The van der Waals surface area contributed by atoms with E-state index >= 15 is 0 Å². The molecule has 1 aromatic carbocycles. The zero-order chi connectivity index (χ0) is 16.7. The van der Waals surface area contributed by atoms with Crippen LogP contribution in [0.2, 0.25) is 0 Å². The summed E-state index contributed by atoms with van der Waals surface area (Å²) < 4.78 is 5.39. The molecule has 3 aliphatic heterocycles. The third-order valence-electron chi connectivity index (χ3n) is 5.77. The monoisotopic (exact) mass is 342 g/mol. The van der Waals surface area contributed by atoms with Gasteiger partial charge in [-0.1, -0.05) is 6.08 Å². The SMILES string of the molecule is C=C[C@H]1CN2CCC1C[C@H]2[C@H](Cl)c1ccnc2ccc(OC)cc12. The van der Waals surface area contributed by atoms with Crippen molar-refractivity contribution in [3.63, 3.8) is 0 Å². The van der Waals surface area contributed by atoms with Crippen LogP contribution >= 0.6 is 11.6 Å². The Morgan fingerprint density at radius 3 is 3.00 bits per heavy atom. The quantitative estimate of drug-likeness (QED) is 0.607. The zero-order valence-electron chi connectivity index (χ0n) is 14.0. The molecule has 3 nitrogen and oxygen atoms in total. The van der Waals surface area contributed by atoms with Gasteiger partial charge in [0.1, 0.15) is 5.75 Å². The molecule has 0 spiro atoms. The summed E-state index contributed by atoms with van der Waals surface area (Å²) in [4.78, 5) is 7.03. The Kier molecular flexibility index (Phi) is 4.23. The van der Waals surface area contributed by atoms with Crippen molar-refractivity contribution < 1.29 is 4.74 Å². The van der Waals surface area contributed by atoms with Crippen LogP contribution in [-0.2, 0) is 0 Å². The first-order valence-corrected chi connectivity index (χ1v) is 9.08. The predicted octanol–water partition coefficient (Wildman–Crippen LogP) is 4.42. The number of nitrogens with zero attached hydrogens (tertiary/aromatic N) is 2. The van der Waals surface area contributed by atoms with E-state index in [1.165, 1.54) is 6.42 Å². The Morgan fingerprint density at radius 1 is 1.42 bits per heavy atom. The van der Waals surface area contributed by atoms with Crippen molar-refractivity contribution in [1.82, 2.24) is 9.88 Å². The van der Waals surface area contributed by atoms with Gasteiger partial charge in [0, 0.05) is 24.2 Å². The summed E-state index contributed by atoms with van der Waals surface area (Å²) in [5.41, 5.74) is 2.13. The lowest BCUT2D eigenvalue weighted by molar-refractivity contribution is 0.0173. The maximum absolute atomic E-state index is 7.01. The minimum absolute atomic E-state index is 0.0313. The van der Waals surface area contributed by atoms with Crippen LogP contribution < -0.4 is 4.74 Å². The first-order valence-electron chi connectivity index (χ1n) is 8.64. The number of benzene rings is 1. The van der Waals surface area contributed by atoms with E-state index in [1.807, 2.05) is 18.3 Å². The number of hydrogen-bond donors (Lipinski definition) is 0. The van der Waals surface area contributed by atoms with Gasteiger partial charge in [0.15, 0.2) is 0 Å². The number of methoxy groups -OCH3 is 1. The van der Waals surface area contributed by atoms with E-state index in [-0.39, 0.29) is 5.38 Å². The third-order valence-corrected chi connectivity index (χ3v) is 6.30. The highest BCUT2D eigenvalue weighted by atomic mass is 35.5. The first kappa shape index (κ1) is 15.9. The van der Waals surface area contributed by atoms with Crippen molar-refractivity contribution in [2.45, 2.75) is 24.3 Å². The van der Waals surface area contributed by atoms with Gasteiger partial charge in [-0.25, -0.2) is 0 Å². The lowest BCUT2D eigenvalue weighted by atomic mass is 9.74. The molecule has 24 heavy (non-hydrogen) atoms. The smallest absolute Gasteiger partial charge is 0.119 e. The molecule has 3 saturated heterocycles. The highest BCUT2D eigenvalue weighted by Crippen LogP contribution is 2.44.